The summed E-state index contributed by atoms with van der Waals surface area (Å²) in [6.07, 6.45) is 4.48. The number of anilines is 1. The SMILES string of the molecule is CC[C@@H](C)c1ccccc1NC(=O)c1cc(-c2cccnc2)nc2ccc(Br)cc12. The highest BCUT2D eigenvalue weighted by Gasteiger charge is 2.17. The van der Waals surface area contributed by atoms with Crippen LogP contribution in [0.4, 0.5) is 5.69 Å². The summed E-state index contributed by atoms with van der Waals surface area (Å²) in [4.78, 5) is 22.4. The number of halogens is 1. The van der Waals surface area contributed by atoms with Crippen LogP contribution in [0.3, 0.4) is 0 Å². The summed E-state index contributed by atoms with van der Waals surface area (Å²) in [6, 6.07) is 19.4. The molecule has 4 nitrogen and oxygen atoms in total. The molecule has 150 valence electrons. The number of hydrogen-bond donors (Lipinski definition) is 1. The van der Waals surface area contributed by atoms with E-state index in [1.165, 1.54) is 0 Å². The Morgan fingerprint density at radius 3 is 2.70 bits per heavy atom. The normalized spacial score (nSPS) is 12.0. The van der Waals surface area contributed by atoms with Crippen LogP contribution in [0.5, 0.6) is 0 Å². The second-order valence-electron chi connectivity index (χ2n) is 7.31. The van der Waals surface area contributed by atoms with Gasteiger partial charge in [0.2, 0.25) is 0 Å². The molecule has 0 radical (unpaired) electrons. The van der Waals surface area contributed by atoms with Crippen molar-refractivity contribution in [2.24, 2.45) is 0 Å². The number of para-hydroxylation sites is 1. The van der Waals surface area contributed by atoms with Gasteiger partial charge in [-0.05, 0) is 60.4 Å². The number of hydrogen-bond acceptors (Lipinski definition) is 3. The summed E-state index contributed by atoms with van der Waals surface area (Å²) in [5, 5.41) is 3.94. The van der Waals surface area contributed by atoms with Gasteiger partial charge in [0.1, 0.15) is 0 Å². The number of rotatable bonds is 5. The van der Waals surface area contributed by atoms with Crippen LogP contribution in [-0.4, -0.2) is 15.9 Å². The van der Waals surface area contributed by atoms with Gasteiger partial charge in [-0.25, -0.2) is 4.98 Å². The lowest BCUT2D eigenvalue weighted by Crippen LogP contribution is -2.15. The lowest BCUT2D eigenvalue weighted by molar-refractivity contribution is 0.102. The highest BCUT2D eigenvalue weighted by atomic mass is 79.9. The maximum atomic E-state index is 13.4. The maximum absolute atomic E-state index is 13.4. The number of carbonyl (C=O) groups is 1. The van der Waals surface area contributed by atoms with Crippen molar-refractivity contribution in [1.29, 1.82) is 0 Å². The highest BCUT2D eigenvalue weighted by Crippen LogP contribution is 2.30. The summed E-state index contributed by atoms with van der Waals surface area (Å²) < 4.78 is 0.903. The number of aromatic nitrogens is 2. The minimum absolute atomic E-state index is 0.151. The minimum Gasteiger partial charge on any atom is -0.322 e. The maximum Gasteiger partial charge on any atom is 0.256 e. The third kappa shape index (κ3) is 4.12. The van der Waals surface area contributed by atoms with Gasteiger partial charge in [0, 0.05) is 33.5 Å². The number of pyridine rings is 2. The molecule has 4 aromatic rings. The van der Waals surface area contributed by atoms with E-state index in [1.54, 1.807) is 12.4 Å². The van der Waals surface area contributed by atoms with Crippen molar-refractivity contribution in [3.63, 3.8) is 0 Å². The Labute approximate surface area is 184 Å². The molecule has 4 rings (SSSR count). The molecule has 2 aromatic heterocycles. The van der Waals surface area contributed by atoms with Crippen LogP contribution in [0.2, 0.25) is 0 Å². The van der Waals surface area contributed by atoms with Gasteiger partial charge in [-0.15, -0.1) is 0 Å². The van der Waals surface area contributed by atoms with Crippen molar-refractivity contribution in [3.05, 3.63) is 88.7 Å². The van der Waals surface area contributed by atoms with Gasteiger partial charge >= 0.3 is 0 Å². The molecular weight excluding hydrogens is 438 g/mol. The third-order valence-corrected chi connectivity index (χ3v) is 5.82. The molecule has 0 fully saturated rings. The molecule has 0 aliphatic carbocycles. The van der Waals surface area contributed by atoms with Crippen LogP contribution in [0.1, 0.15) is 42.1 Å². The van der Waals surface area contributed by atoms with Gasteiger partial charge in [0.15, 0.2) is 0 Å². The second-order valence-corrected chi connectivity index (χ2v) is 8.22. The Morgan fingerprint density at radius 2 is 1.93 bits per heavy atom. The monoisotopic (exact) mass is 459 g/mol. The number of nitrogens with zero attached hydrogens (tertiary/aromatic N) is 2. The first-order valence-corrected chi connectivity index (χ1v) is 10.8. The zero-order valence-corrected chi connectivity index (χ0v) is 18.5. The third-order valence-electron chi connectivity index (χ3n) is 5.32. The van der Waals surface area contributed by atoms with E-state index in [0.29, 0.717) is 11.5 Å². The first-order valence-electron chi connectivity index (χ1n) is 9.97. The van der Waals surface area contributed by atoms with E-state index in [1.807, 2.05) is 54.6 Å². The predicted molar refractivity (Wildman–Crippen MR) is 126 cm³/mol. The molecule has 5 heteroatoms. The van der Waals surface area contributed by atoms with Crippen molar-refractivity contribution in [3.8, 4) is 11.3 Å². The molecule has 1 amide bonds. The quantitative estimate of drug-likeness (QED) is 0.355. The van der Waals surface area contributed by atoms with Crippen molar-refractivity contribution in [2.45, 2.75) is 26.2 Å². The van der Waals surface area contributed by atoms with Crippen molar-refractivity contribution in [1.82, 2.24) is 9.97 Å². The highest BCUT2D eigenvalue weighted by molar-refractivity contribution is 9.10. The molecule has 2 heterocycles. The van der Waals surface area contributed by atoms with Crippen LogP contribution >= 0.6 is 15.9 Å². The van der Waals surface area contributed by atoms with Crippen molar-refractivity contribution in [2.75, 3.05) is 5.32 Å². The van der Waals surface area contributed by atoms with Crippen LogP contribution in [0, 0.1) is 0 Å². The molecule has 1 N–H and O–H groups in total. The van der Waals surface area contributed by atoms with E-state index in [0.717, 1.165) is 44.3 Å². The van der Waals surface area contributed by atoms with E-state index in [9.17, 15) is 4.79 Å². The molecule has 30 heavy (non-hydrogen) atoms. The van der Waals surface area contributed by atoms with E-state index < -0.39 is 0 Å². The lowest BCUT2D eigenvalue weighted by atomic mass is 9.96. The number of benzene rings is 2. The van der Waals surface area contributed by atoms with Gasteiger partial charge in [-0.3, -0.25) is 9.78 Å². The molecule has 0 spiro atoms. The number of amides is 1. The standard InChI is InChI=1S/C25H22BrN3O/c1-3-16(2)19-8-4-5-9-22(19)29-25(30)21-14-24(17-7-6-12-27-15-17)28-23-11-10-18(26)13-20(21)23/h4-16H,3H2,1-2H3,(H,29,30)/t16-/m1/s1. The summed E-state index contributed by atoms with van der Waals surface area (Å²) in [7, 11) is 0. The largest absolute Gasteiger partial charge is 0.322 e. The molecule has 2 aromatic carbocycles. The van der Waals surface area contributed by atoms with Crippen molar-refractivity contribution >= 4 is 38.4 Å². The Morgan fingerprint density at radius 1 is 1.10 bits per heavy atom. The van der Waals surface area contributed by atoms with Gasteiger partial charge < -0.3 is 5.32 Å². The fourth-order valence-corrected chi connectivity index (χ4v) is 3.86. The molecule has 0 aliphatic rings. The number of nitrogens with one attached hydrogen (secondary N) is 1. The molecule has 0 saturated heterocycles. The average molecular weight is 460 g/mol. The van der Waals surface area contributed by atoms with Gasteiger partial charge in [0.05, 0.1) is 16.8 Å². The number of carbonyl (C=O) groups excluding carboxylic acids is 1. The molecule has 0 bridgehead atoms. The molecule has 0 saturated carbocycles. The summed E-state index contributed by atoms with van der Waals surface area (Å²) in [5.41, 5.74) is 4.92. The van der Waals surface area contributed by atoms with Gasteiger partial charge in [-0.2, -0.15) is 0 Å². The Bertz CT molecular complexity index is 1210. The summed E-state index contributed by atoms with van der Waals surface area (Å²) >= 11 is 3.52. The van der Waals surface area contributed by atoms with E-state index in [4.69, 9.17) is 4.98 Å². The van der Waals surface area contributed by atoms with Gasteiger partial charge in [-0.1, -0.05) is 48.0 Å². The van der Waals surface area contributed by atoms with Crippen LogP contribution in [0.25, 0.3) is 22.2 Å². The van der Waals surface area contributed by atoms with Gasteiger partial charge in [0.25, 0.3) is 5.91 Å². The first kappa shape index (κ1) is 20.2. The zero-order valence-electron chi connectivity index (χ0n) is 16.9. The predicted octanol–water partition coefficient (Wildman–Crippen LogP) is 6.83. The van der Waals surface area contributed by atoms with Crippen LogP contribution < -0.4 is 5.32 Å². The van der Waals surface area contributed by atoms with Crippen LogP contribution in [-0.2, 0) is 0 Å². The van der Waals surface area contributed by atoms with E-state index in [2.05, 4.69) is 46.1 Å². The second kappa shape index (κ2) is 8.76. The fraction of sp³-hybridized carbons (Fsp3) is 0.160. The van der Waals surface area contributed by atoms with E-state index in [-0.39, 0.29) is 5.91 Å². The molecule has 0 aliphatic heterocycles. The summed E-state index contributed by atoms with van der Waals surface area (Å²) in [6.45, 7) is 4.32. The Kier molecular flexibility index (Phi) is 5.91. The number of fused-ring (bicyclic) bond motifs is 1. The minimum atomic E-state index is -0.151. The average Bonchev–Trinajstić information content (AvgIpc) is 2.78. The Balaban J connectivity index is 1.81. The van der Waals surface area contributed by atoms with Crippen molar-refractivity contribution < 1.29 is 4.79 Å². The summed E-state index contributed by atoms with van der Waals surface area (Å²) in [5.74, 6) is 0.206. The smallest absolute Gasteiger partial charge is 0.256 e. The molecule has 1 atom stereocenters. The lowest BCUT2D eigenvalue weighted by Gasteiger charge is -2.16. The molecular formula is C25H22BrN3O. The first-order chi connectivity index (χ1) is 14.6. The molecule has 0 unspecified atom stereocenters. The van der Waals surface area contributed by atoms with E-state index >= 15 is 0 Å². The fourth-order valence-electron chi connectivity index (χ4n) is 3.50. The topological polar surface area (TPSA) is 54.9 Å². The Hall–Kier alpha value is -3.05. The van der Waals surface area contributed by atoms with Crippen LogP contribution in [0.15, 0.2) is 77.5 Å². The zero-order chi connectivity index (χ0) is 21.1.